The molecule has 0 saturated heterocycles. The van der Waals surface area contributed by atoms with E-state index in [4.69, 9.17) is 5.11 Å². The highest BCUT2D eigenvalue weighted by atomic mass is 32.2. The number of carbonyl (C=O) groups excluding carboxylic acids is 1. The number of carbonyl (C=O) groups is 2. The maximum Gasteiger partial charge on any atom is 0.337 e. The van der Waals surface area contributed by atoms with Gasteiger partial charge in [0.05, 0.1) is 23.5 Å². The summed E-state index contributed by atoms with van der Waals surface area (Å²) in [5.41, 5.74) is 0.0966. The number of aliphatic carboxylic acids is 1. The Bertz CT molecular complexity index is 640. The zero-order valence-electron chi connectivity index (χ0n) is 11.9. The molecule has 2 unspecified atom stereocenters. The zero-order valence-corrected chi connectivity index (χ0v) is 12.7. The van der Waals surface area contributed by atoms with Crippen molar-refractivity contribution in [2.24, 2.45) is 5.92 Å². The van der Waals surface area contributed by atoms with E-state index in [1.165, 1.54) is 45.2 Å². The van der Waals surface area contributed by atoms with Gasteiger partial charge in [0, 0.05) is 6.04 Å². The molecule has 2 atom stereocenters. The van der Waals surface area contributed by atoms with E-state index in [0.29, 0.717) is 0 Å². The van der Waals surface area contributed by atoms with Crippen LogP contribution in [0.1, 0.15) is 24.2 Å². The molecule has 0 spiro atoms. The van der Waals surface area contributed by atoms with Crippen LogP contribution in [0.15, 0.2) is 29.2 Å². The van der Waals surface area contributed by atoms with Crippen molar-refractivity contribution in [1.29, 1.82) is 0 Å². The minimum atomic E-state index is -3.92. The molecule has 1 aromatic carbocycles. The summed E-state index contributed by atoms with van der Waals surface area (Å²) in [5, 5.41) is 8.87. The van der Waals surface area contributed by atoms with E-state index in [9.17, 15) is 18.0 Å². The monoisotopic (exact) mass is 315 g/mol. The third kappa shape index (κ3) is 4.27. The second kappa shape index (κ2) is 6.68. The lowest BCUT2D eigenvalue weighted by Gasteiger charge is -2.18. The summed E-state index contributed by atoms with van der Waals surface area (Å²) in [6.07, 6.45) is 0. The average Bonchev–Trinajstić information content (AvgIpc) is 2.45. The van der Waals surface area contributed by atoms with Crippen molar-refractivity contribution in [1.82, 2.24) is 4.72 Å². The standard InChI is InChI=1S/C13H17NO6S/c1-8(12(15)16)9(2)14-21(18,19)11-6-4-5-10(7-11)13(17)20-3/h4-9,14H,1-3H3,(H,15,16). The van der Waals surface area contributed by atoms with Crippen molar-refractivity contribution in [3.05, 3.63) is 29.8 Å². The summed E-state index contributed by atoms with van der Waals surface area (Å²) in [7, 11) is -2.73. The lowest BCUT2D eigenvalue weighted by molar-refractivity contribution is -0.141. The highest BCUT2D eigenvalue weighted by Gasteiger charge is 2.25. The van der Waals surface area contributed by atoms with Crippen molar-refractivity contribution < 1.29 is 27.9 Å². The second-order valence-electron chi connectivity index (χ2n) is 4.56. The predicted octanol–water partition coefficient (Wildman–Crippen LogP) is 0.861. The molecule has 0 amide bonds. The summed E-state index contributed by atoms with van der Waals surface area (Å²) in [6.45, 7) is 2.86. The molecule has 1 rings (SSSR count). The van der Waals surface area contributed by atoms with Crippen LogP contribution in [0.4, 0.5) is 0 Å². The summed E-state index contributed by atoms with van der Waals surface area (Å²) in [5.74, 6) is -2.64. The van der Waals surface area contributed by atoms with E-state index in [1.54, 1.807) is 0 Å². The van der Waals surface area contributed by atoms with E-state index in [1.807, 2.05) is 0 Å². The van der Waals surface area contributed by atoms with E-state index in [0.717, 1.165) is 0 Å². The molecule has 0 radical (unpaired) electrons. The van der Waals surface area contributed by atoms with Crippen molar-refractivity contribution in [2.45, 2.75) is 24.8 Å². The molecule has 0 aliphatic rings. The summed E-state index contributed by atoms with van der Waals surface area (Å²) in [4.78, 5) is 22.1. The third-order valence-corrected chi connectivity index (χ3v) is 4.60. The van der Waals surface area contributed by atoms with E-state index in [-0.39, 0.29) is 10.5 Å². The van der Waals surface area contributed by atoms with Gasteiger partial charge in [0.2, 0.25) is 10.0 Å². The van der Waals surface area contributed by atoms with Crippen LogP contribution in [0.5, 0.6) is 0 Å². The van der Waals surface area contributed by atoms with Gasteiger partial charge in [-0.15, -0.1) is 0 Å². The van der Waals surface area contributed by atoms with E-state index in [2.05, 4.69) is 9.46 Å². The van der Waals surface area contributed by atoms with E-state index >= 15 is 0 Å². The molecule has 0 aliphatic heterocycles. The molecule has 0 saturated carbocycles. The minimum absolute atomic E-state index is 0.0966. The third-order valence-electron chi connectivity index (χ3n) is 3.05. The van der Waals surface area contributed by atoms with Gasteiger partial charge in [0.1, 0.15) is 0 Å². The number of esters is 1. The maximum absolute atomic E-state index is 12.2. The first-order valence-corrected chi connectivity index (χ1v) is 7.61. The fourth-order valence-corrected chi connectivity index (χ4v) is 2.91. The van der Waals surface area contributed by atoms with Gasteiger partial charge in [-0.3, -0.25) is 4.79 Å². The minimum Gasteiger partial charge on any atom is -0.481 e. The highest BCUT2D eigenvalue weighted by Crippen LogP contribution is 2.14. The lowest BCUT2D eigenvalue weighted by atomic mass is 10.1. The van der Waals surface area contributed by atoms with Crippen molar-refractivity contribution in [2.75, 3.05) is 7.11 Å². The average molecular weight is 315 g/mol. The van der Waals surface area contributed by atoms with Gasteiger partial charge in [0.15, 0.2) is 0 Å². The van der Waals surface area contributed by atoms with Crippen LogP contribution < -0.4 is 4.72 Å². The second-order valence-corrected chi connectivity index (χ2v) is 6.27. The van der Waals surface area contributed by atoms with Gasteiger partial charge in [-0.05, 0) is 25.1 Å². The van der Waals surface area contributed by atoms with Gasteiger partial charge in [0.25, 0.3) is 0 Å². The number of nitrogens with one attached hydrogen (secondary N) is 1. The fraction of sp³-hybridized carbons (Fsp3) is 0.385. The Hall–Kier alpha value is -1.93. The molecule has 0 bridgehead atoms. The van der Waals surface area contributed by atoms with Crippen LogP contribution in [0.25, 0.3) is 0 Å². The Kier molecular flexibility index (Phi) is 5.45. The van der Waals surface area contributed by atoms with Gasteiger partial charge < -0.3 is 9.84 Å². The van der Waals surface area contributed by atoms with Crippen LogP contribution >= 0.6 is 0 Å². The van der Waals surface area contributed by atoms with Gasteiger partial charge in [-0.2, -0.15) is 0 Å². The Balaban J connectivity index is 3.03. The Labute approximate surface area is 123 Å². The molecule has 0 aromatic heterocycles. The van der Waals surface area contributed by atoms with Crippen molar-refractivity contribution >= 4 is 22.0 Å². The van der Waals surface area contributed by atoms with Gasteiger partial charge in [-0.1, -0.05) is 13.0 Å². The number of carboxylic acid groups (broad SMARTS) is 1. The molecule has 0 heterocycles. The molecule has 2 N–H and O–H groups in total. The smallest absolute Gasteiger partial charge is 0.337 e. The molecule has 8 heteroatoms. The Morgan fingerprint density at radius 2 is 1.90 bits per heavy atom. The number of methoxy groups -OCH3 is 1. The van der Waals surface area contributed by atoms with Crippen LogP contribution in [0.3, 0.4) is 0 Å². The summed E-state index contributed by atoms with van der Waals surface area (Å²) >= 11 is 0. The molecular weight excluding hydrogens is 298 g/mol. The highest BCUT2D eigenvalue weighted by molar-refractivity contribution is 7.89. The molecule has 7 nitrogen and oxygen atoms in total. The normalized spacial score (nSPS) is 14.2. The molecule has 0 aliphatic carbocycles. The zero-order chi connectivity index (χ0) is 16.2. The van der Waals surface area contributed by atoms with Crippen LogP contribution in [-0.4, -0.2) is 38.6 Å². The Morgan fingerprint density at radius 3 is 2.43 bits per heavy atom. The van der Waals surface area contributed by atoms with Gasteiger partial charge >= 0.3 is 11.9 Å². The predicted molar refractivity (Wildman–Crippen MR) is 74.4 cm³/mol. The quantitative estimate of drug-likeness (QED) is 0.753. The van der Waals surface area contributed by atoms with Crippen molar-refractivity contribution in [3.63, 3.8) is 0 Å². The Morgan fingerprint density at radius 1 is 1.29 bits per heavy atom. The van der Waals surface area contributed by atoms with Crippen LogP contribution in [-0.2, 0) is 19.6 Å². The van der Waals surface area contributed by atoms with Crippen LogP contribution in [0.2, 0.25) is 0 Å². The van der Waals surface area contributed by atoms with E-state index < -0.39 is 33.9 Å². The number of benzene rings is 1. The number of rotatable bonds is 6. The molecule has 116 valence electrons. The number of sulfonamides is 1. The van der Waals surface area contributed by atoms with Crippen LogP contribution in [0, 0.1) is 5.92 Å². The SMILES string of the molecule is COC(=O)c1cccc(S(=O)(=O)NC(C)C(C)C(=O)O)c1. The molecule has 21 heavy (non-hydrogen) atoms. The number of carboxylic acids is 1. The largest absolute Gasteiger partial charge is 0.481 e. The topological polar surface area (TPSA) is 110 Å². The summed E-state index contributed by atoms with van der Waals surface area (Å²) < 4.78 is 31.2. The number of ether oxygens (including phenoxy) is 1. The lowest BCUT2D eigenvalue weighted by Crippen LogP contribution is -2.40. The maximum atomic E-state index is 12.2. The van der Waals surface area contributed by atoms with Gasteiger partial charge in [-0.25, -0.2) is 17.9 Å². The summed E-state index contributed by atoms with van der Waals surface area (Å²) in [6, 6.07) is 4.52. The first-order chi connectivity index (χ1) is 9.69. The molecule has 0 fully saturated rings. The molecular formula is C13H17NO6S. The first kappa shape index (κ1) is 17.1. The number of hydrogen-bond donors (Lipinski definition) is 2. The number of hydrogen-bond acceptors (Lipinski definition) is 5. The van der Waals surface area contributed by atoms with Crippen molar-refractivity contribution in [3.8, 4) is 0 Å². The molecule has 1 aromatic rings. The first-order valence-electron chi connectivity index (χ1n) is 6.12. The fourth-order valence-electron chi connectivity index (χ4n) is 1.54.